The van der Waals surface area contributed by atoms with E-state index in [0.29, 0.717) is 12.2 Å². The molecule has 0 aliphatic carbocycles. The second kappa shape index (κ2) is 10.9. The van der Waals surface area contributed by atoms with E-state index in [4.69, 9.17) is 4.74 Å². The number of benzene rings is 2. The molecule has 0 unspecified atom stereocenters. The maximum absolute atomic E-state index is 11.2. The number of aromatic nitrogens is 2. The molecule has 0 bridgehead atoms. The molecule has 4 aromatic rings. The Kier molecular flexibility index (Phi) is 7.23. The molecule has 2 aromatic heterocycles. The quantitative estimate of drug-likeness (QED) is 0.208. The van der Waals surface area contributed by atoms with E-state index in [1.54, 1.807) is 12.4 Å². The molecule has 6 heteroatoms. The average Bonchev–Trinajstić information content (AvgIpc) is 3.37. The molecule has 2 aromatic carbocycles. The van der Waals surface area contributed by atoms with Gasteiger partial charge in [0.15, 0.2) is 12.1 Å². The van der Waals surface area contributed by atoms with Gasteiger partial charge in [0.2, 0.25) is 0 Å². The predicted molar refractivity (Wildman–Crippen MR) is 145 cm³/mol. The Morgan fingerprint density at radius 1 is 1.06 bits per heavy atom. The Bertz CT molecular complexity index is 1370. The summed E-state index contributed by atoms with van der Waals surface area (Å²) in [4.78, 5) is 25.1. The van der Waals surface area contributed by atoms with Crippen LogP contribution in [0.25, 0.3) is 22.0 Å². The van der Waals surface area contributed by atoms with Crippen molar-refractivity contribution in [2.75, 3.05) is 37.7 Å². The van der Waals surface area contributed by atoms with Crippen LogP contribution in [0.15, 0.2) is 67.0 Å². The molecule has 0 atom stereocenters. The highest BCUT2D eigenvalue weighted by atomic mass is 16.5. The SMILES string of the molecule is CCN(CC)CCCOc1cccc(-c2cccc3c2CCN3c2nccc3cc(C=O)cnc23)c1. The summed E-state index contributed by atoms with van der Waals surface area (Å²) in [5.74, 6) is 1.73. The minimum Gasteiger partial charge on any atom is -0.494 e. The molecule has 6 nitrogen and oxygen atoms in total. The number of ether oxygens (including phenoxy) is 1. The van der Waals surface area contributed by atoms with Gasteiger partial charge in [-0.05, 0) is 73.0 Å². The molecule has 1 aliphatic heterocycles. The van der Waals surface area contributed by atoms with Crippen molar-refractivity contribution in [2.45, 2.75) is 26.7 Å². The van der Waals surface area contributed by atoms with Gasteiger partial charge in [-0.2, -0.15) is 0 Å². The van der Waals surface area contributed by atoms with Crippen molar-refractivity contribution in [1.29, 1.82) is 0 Å². The van der Waals surface area contributed by atoms with Crippen LogP contribution in [0, 0.1) is 0 Å². The van der Waals surface area contributed by atoms with Crippen LogP contribution in [0.1, 0.15) is 36.2 Å². The van der Waals surface area contributed by atoms with E-state index in [0.717, 1.165) is 79.0 Å². The third-order valence-electron chi connectivity index (χ3n) is 6.95. The van der Waals surface area contributed by atoms with Crippen LogP contribution in [0.4, 0.5) is 11.5 Å². The van der Waals surface area contributed by atoms with Gasteiger partial charge in [0, 0.05) is 42.1 Å². The predicted octanol–water partition coefficient (Wildman–Crippen LogP) is 5.91. The summed E-state index contributed by atoms with van der Waals surface area (Å²) in [5.41, 5.74) is 6.22. The number of aldehydes is 1. The van der Waals surface area contributed by atoms with Gasteiger partial charge in [0.25, 0.3) is 0 Å². The van der Waals surface area contributed by atoms with Gasteiger partial charge < -0.3 is 14.5 Å². The first-order valence-corrected chi connectivity index (χ1v) is 12.8. The summed E-state index contributed by atoms with van der Waals surface area (Å²) >= 11 is 0. The molecular formula is C30H32N4O2. The standard InChI is InChI=1S/C30H32N4O2/c1-3-33(4-2)15-7-17-36-25-9-5-8-23(19-25)26-10-6-11-28-27(26)13-16-34(28)30-29-24(12-14-31-30)18-22(21-35)20-32-29/h5-6,8-12,14,18-21H,3-4,7,13,15-17H2,1-2H3. The van der Waals surface area contributed by atoms with E-state index < -0.39 is 0 Å². The molecule has 0 saturated heterocycles. The van der Waals surface area contributed by atoms with E-state index in [1.165, 1.54) is 11.1 Å². The number of carbonyl (C=O) groups is 1. The van der Waals surface area contributed by atoms with E-state index in [9.17, 15) is 4.79 Å². The van der Waals surface area contributed by atoms with Crippen LogP contribution in [0.3, 0.4) is 0 Å². The third-order valence-corrected chi connectivity index (χ3v) is 6.95. The molecule has 0 amide bonds. The second-order valence-corrected chi connectivity index (χ2v) is 9.05. The fourth-order valence-corrected chi connectivity index (χ4v) is 5.02. The first-order valence-electron chi connectivity index (χ1n) is 12.8. The lowest BCUT2D eigenvalue weighted by Crippen LogP contribution is -2.25. The summed E-state index contributed by atoms with van der Waals surface area (Å²) in [6, 6.07) is 18.6. The molecule has 0 radical (unpaired) electrons. The molecule has 0 saturated carbocycles. The monoisotopic (exact) mass is 480 g/mol. The van der Waals surface area contributed by atoms with Crippen molar-refractivity contribution in [1.82, 2.24) is 14.9 Å². The van der Waals surface area contributed by atoms with Crippen molar-refractivity contribution < 1.29 is 9.53 Å². The van der Waals surface area contributed by atoms with Crippen LogP contribution >= 0.6 is 0 Å². The minimum atomic E-state index is 0.568. The zero-order valence-electron chi connectivity index (χ0n) is 21.0. The molecule has 36 heavy (non-hydrogen) atoms. The maximum Gasteiger partial charge on any atom is 0.159 e. The summed E-state index contributed by atoms with van der Waals surface area (Å²) in [6.07, 6.45) is 6.16. The van der Waals surface area contributed by atoms with E-state index in [2.05, 4.69) is 70.0 Å². The smallest absolute Gasteiger partial charge is 0.159 e. The lowest BCUT2D eigenvalue weighted by atomic mass is 9.97. The molecule has 3 heterocycles. The number of hydrogen-bond donors (Lipinski definition) is 0. The number of carbonyl (C=O) groups excluding carboxylic acids is 1. The van der Waals surface area contributed by atoms with Gasteiger partial charge in [0.1, 0.15) is 11.3 Å². The lowest BCUT2D eigenvalue weighted by molar-refractivity contribution is 0.112. The molecule has 5 rings (SSSR count). The number of hydrogen-bond acceptors (Lipinski definition) is 6. The minimum absolute atomic E-state index is 0.568. The molecule has 0 spiro atoms. The number of rotatable bonds is 10. The highest BCUT2D eigenvalue weighted by molar-refractivity contribution is 5.94. The third kappa shape index (κ3) is 4.82. The highest BCUT2D eigenvalue weighted by Crippen LogP contribution is 2.41. The fraction of sp³-hybridized carbons (Fsp3) is 0.300. The second-order valence-electron chi connectivity index (χ2n) is 9.05. The van der Waals surface area contributed by atoms with Crippen LogP contribution in [0.2, 0.25) is 0 Å². The van der Waals surface area contributed by atoms with Gasteiger partial charge in [-0.25, -0.2) is 4.98 Å². The first kappa shape index (κ1) is 23.9. The fourth-order valence-electron chi connectivity index (χ4n) is 5.02. The average molecular weight is 481 g/mol. The summed E-state index contributed by atoms with van der Waals surface area (Å²) in [7, 11) is 0. The van der Waals surface area contributed by atoms with Gasteiger partial charge >= 0.3 is 0 Å². The van der Waals surface area contributed by atoms with Crippen LogP contribution < -0.4 is 9.64 Å². The van der Waals surface area contributed by atoms with Gasteiger partial charge in [-0.3, -0.25) is 9.78 Å². The van der Waals surface area contributed by atoms with Crippen molar-refractivity contribution in [2.24, 2.45) is 0 Å². The van der Waals surface area contributed by atoms with Crippen molar-refractivity contribution in [3.63, 3.8) is 0 Å². The molecular weight excluding hydrogens is 448 g/mol. The van der Waals surface area contributed by atoms with Crippen LogP contribution in [-0.4, -0.2) is 53.9 Å². The maximum atomic E-state index is 11.2. The zero-order chi connectivity index (χ0) is 24.9. The van der Waals surface area contributed by atoms with Gasteiger partial charge in [0.05, 0.1) is 6.61 Å². The molecule has 0 fully saturated rings. The number of nitrogens with zero attached hydrogens (tertiary/aromatic N) is 4. The van der Waals surface area contributed by atoms with E-state index in [1.807, 2.05) is 18.2 Å². The van der Waals surface area contributed by atoms with Crippen LogP contribution in [-0.2, 0) is 6.42 Å². The Balaban J connectivity index is 1.39. The van der Waals surface area contributed by atoms with Crippen molar-refractivity contribution in [3.8, 4) is 16.9 Å². The summed E-state index contributed by atoms with van der Waals surface area (Å²) in [6.45, 7) is 9.15. The van der Waals surface area contributed by atoms with Gasteiger partial charge in [-0.15, -0.1) is 0 Å². The Labute approximate surface area is 212 Å². The molecule has 0 N–H and O–H groups in total. The van der Waals surface area contributed by atoms with E-state index >= 15 is 0 Å². The number of fused-ring (bicyclic) bond motifs is 2. The van der Waals surface area contributed by atoms with Crippen LogP contribution in [0.5, 0.6) is 5.75 Å². The highest BCUT2D eigenvalue weighted by Gasteiger charge is 2.26. The Morgan fingerprint density at radius 2 is 1.92 bits per heavy atom. The van der Waals surface area contributed by atoms with Crippen molar-refractivity contribution in [3.05, 3.63) is 78.1 Å². The largest absolute Gasteiger partial charge is 0.494 e. The molecule has 184 valence electrons. The Hall–Kier alpha value is -3.77. The first-order chi connectivity index (χ1) is 17.7. The topological polar surface area (TPSA) is 58.6 Å². The molecule has 1 aliphatic rings. The lowest BCUT2D eigenvalue weighted by Gasteiger charge is -2.20. The Morgan fingerprint density at radius 3 is 2.75 bits per heavy atom. The number of anilines is 2. The van der Waals surface area contributed by atoms with Crippen molar-refractivity contribution >= 4 is 28.7 Å². The van der Waals surface area contributed by atoms with E-state index in [-0.39, 0.29) is 0 Å². The number of pyridine rings is 2. The van der Waals surface area contributed by atoms with Gasteiger partial charge in [-0.1, -0.05) is 38.1 Å². The normalized spacial score (nSPS) is 12.8. The zero-order valence-corrected chi connectivity index (χ0v) is 21.0. The summed E-state index contributed by atoms with van der Waals surface area (Å²) < 4.78 is 6.10. The summed E-state index contributed by atoms with van der Waals surface area (Å²) in [5, 5.41) is 0.917.